The van der Waals surface area contributed by atoms with E-state index in [0.29, 0.717) is 23.2 Å². The Bertz CT molecular complexity index is 742. The van der Waals surface area contributed by atoms with E-state index in [-0.39, 0.29) is 18.9 Å². The summed E-state index contributed by atoms with van der Waals surface area (Å²) in [6, 6.07) is 5.78. The third kappa shape index (κ3) is 2.80. The Labute approximate surface area is 134 Å². The van der Waals surface area contributed by atoms with Gasteiger partial charge in [-0.25, -0.2) is 4.79 Å². The third-order valence-electron chi connectivity index (χ3n) is 4.07. The van der Waals surface area contributed by atoms with Crippen LogP contribution in [0.15, 0.2) is 18.2 Å². The number of ether oxygens (including phenoxy) is 1. The lowest BCUT2D eigenvalue weighted by atomic mass is 9.90. The topological polar surface area (TPSA) is 82.4 Å². The number of benzene rings is 1. The van der Waals surface area contributed by atoms with Gasteiger partial charge in [-0.15, -0.1) is 0 Å². The molecule has 0 bridgehead atoms. The van der Waals surface area contributed by atoms with Gasteiger partial charge in [-0.05, 0) is 30.2 Å². The zero-order valence-corrected chi connectivity index (χ0v) is 12.3. The van der Waals surface area contributed by atoms with E-state index in [1.54, 1.807) is 0 Å². The van der Waals surface area contributed by atoms with Gasteiger partial charge < -0.3 is 9.64 Å². The molecule has 1 aromatic rings. The molecule has 2 atom stereocenters. The summed E-state index contributed by atoms with van der Waals surface area (Å²) >= 11 is 0. The molecule has 2 aliphatic heterocycles. The SMILES string of the molecule is N#Cc1ccc2c(c1)C[C@@H]1C(OC(=O)C(F)(F)F)NCCN1C2=O. The number of amides is 1. The van der Waals surface area contributed by atoms with E-state index in [2.05, 4.69) is 10.1 Å². The van der Waals surface area contributed by atoms with Gasteiger partial charge in [0.25, 0.3) is 5.91 Å². The number of fused-ring (bicyclic) bond motifs is 2. The zero-order chi connectivity index (χ0) is 17.5. The Morgan fingerprint density at radius 2 is 2.17 bits per heavy atom. The van der Waals surface area contributed by atoms with Gasteiger partial charge in [-0.1, -0.05) is 0 Å². The molecule has 9 heteroatoms. The van der Waals surface area contributed by atoms with Gasteiger partial charge in [-0.2, -0.15) is 18.4 Å². The van der Waals surface area contributed by atoms with Crippen LogP contribution in [0.2, 0.25) is 0 Å². The van der Waals surface area contributed by atoms with Crippen molar-refractivity contribution in [3.8, 4) is 6.07 Å². The number of esters is 1. The quantitative estimate of drug-likeness (QED) is 0.771. The minimum Gasteiger partial charge on any atom is -0.438 e. The molecule has 2 aliphatic rings. The van der Waals surface area contributed by atoms with Crippen molar-refractivity contribution >= 4 is 11.9 Å². The first-order chi connectivity index (χ1) is 11.3. The van der Waals surface area contributed by atoms with Gasteiger partial charge in [-0.3, -0.25) is 10.1 Å². The second-order valence-electron chi connectivity index (χ2n) is 5.53. The molecule has 1 unspecified atom stereocenters. The van der Waals surface area contributed by atoms with Crippen molar-refractivity contribution in [1.29, 1.82) is 5.26 Å². The van der Waals surface area contributed by atoms with Crippen LogP contribution >= 0.6 is 0 Å². The van der Waals surface area contributed by atoms with Gasteiger partial charge in [0.15, 0.2) is 6.23 Å². The highest BCUT2D eigenvalue weighted by Gasteiger charge is 2.46. The number of nitrogens with zero attached hydrogens (tertiary/aromatic N) is 2. The van der Waals surface area contributed by atoms with Crippen molar-refractivity contribution in [3.63, 3.8) is 0 Å². The van der Waals surface area contributed by atoms with Crippen LogP contribution in [0.5, 0.6) is 0 Å². The second-order valence-corrected chi connectivity index (χ2v) is 5.53. The largest absolute Gasteiger partial charge is 0.490 e. The van der Waals surface area contributed by atoms with Crippen LogP contribution in [0.25, 0.3) is 0 Å². The molecule has 1 saturated heterocycles. The maximum atomic E-state index is 12.5. The van der Waals surface area contributed by atoms with Gasteiger partial charge in [0, 0.05) is 18.7 Å². The molecule has 1 N–H and O–H groups in total. The number of halogens is 3. The number of hydrogen-bond donors (Lipinski definition) is 1. The predicted molar refractivity (Wildman–Crippen MR) is 73.6 cm³/mol. The molecule has 0 radical (unpaired) electrons. The van der Waals surface area contributed by atoms with Crippen molar-refractivity contribution in [2.45, 2.75) is 24.9 Å². The van der Waals surface area contributed by atoms with Gasteiger partial charge in [0.1, 0.15) is 0 Å². The lowest BCUT2D eigenvalue weighted by Crippen LogP contribution is -2.63. The summed E-state index contributed by atoms with van der Waals surface area (Å²) in [4.78, 5) is 25.0. The lowest BCUT2D eigenvalue weighted by Gasteiger charge is -2.44. The van der Waals surface area contributed by atoms with E-state index in [4.69, 9.17) is 5.26 Å². The fourth-order valence-electron chi connectivity index (χ4n) is 2.99. The van der Waals surface area contributed by atoms with Crippen molar-refractivity contribution in [2.75, 3.05) is 13.1 Å². The fourth-order valence-corrected chi connectivity index (χ4v) is 2.99. The summed E-state index contributed by atoms with van der Waals surface area (Å²) in [6.07, 6.45) is -6.16. The van der Waals surface area contributed by atoms with E-state index in [1.807, 2.05) is 6.07 Å². The van der Waals surface area contributed by atoms with Crippen LogP contribution in [-0.4, -0.2) is 48.3 Å². The molecular formula is C15H12F3N3O3. The molecule has 0 aliphatic carbocycles. The molecule has 1 fully saturated rings. The van der Waals surface area contributed by atoms with Crippen molar-refractivity contribution < 1.29 is 27.5 Å². The van der Waals surface area contributed by atoms with Gasteiger partial charge >= 0.3 is 12.1 Å². The van der Waals surface area contributed by atoms with E-state index < -0.39 is 24.4 Å². The number of hydrogen-bond acceptors (Lipinski definition) is 5. The first-order valence-corrected chi connectivity index (χ1v) is 7.16. The van der Waals surface area contributed by atoms with Crippen molar-refractivity contribution in [1.82, 2.24) is 10.2 Å². The Hall–Kier alpha value is -2.60. The summed E-state index contributed by atoms with van der Waals surface area (Å²) in [5.41, 5.74) is 1.31. The third-order valence-corrected chi connectivity index (χ3v) is 4.07. The number of alkyl halides is 3. The molecule has 2 heterocycles. The lowest BCUT2D eigenvalue weighted by molar-refractivity contribution is -0.210. The smallest absolute Gasteiger partial charge is 0.438 e. The molecule has 0 aromatic heterocycles. The normalized spacial score (nSPS) is 23.1. The van der Waals surface area contributed by atoms with Gasteiger partial charge in [0.2, 0.25) is 0 Å². The number of piperazine rings is 1. The highest BCUT2D eigenvalue weighted by atomic mass is 19.4. The Morgan fingerprint density at radius 3 is 2.83 bits per heavy atom. The second kappa shape index (κ2) is 5.79. The summed E-state index contributed by atoms with van der Waals surface area (Å²) in [5.74, 6) is -2.65. The van der Waals surface area contributed by atoms with Crippen LogP contribution in [0.3, 0.4) is 0 Å². The van der Waals surface area contributed by atoms with Crippen LogP contribution in [-0.2, 0) is 16.0 Å². The maximum Gasteiger partial charge on any atom is 0.490 e. The number of rotatable bonds is 1. The van der Waals surface area contributed by atoms with Crippen LogP contribution in [0.1, 0.15) is 21.5 Å². The summed E-state index contributed by atoms with van der Waals surface area (Å²) in [6.45, 7) is 0.507. The first-order valence-electron chi connectivity index (χ1n) is 7.16. The first kappa shape index (κ1) is 16.3. The highest BCUT2D eigenvalue weighted by molar-refractivity contribution is 5.97. The Kier molecular flexibility index (Phi) is 3.93. The van der Waals surface area contributed by atoms with Crippen molar-refractivity contribution in [3.05, 3.63) is 34.9 Å². The molecule has 1 aromatic carbocycles. The molecule has 126 valence electrons. The average molecular weight is 339 g/mol. The highest BCUT2D eigenvalue weighted by Crippen LogP contribution is 2.29. The molecule has 0 saturated carbocycles. The number of carbonyl (C=O) groups is 2. The Balaban J connectivity index is 1.89. The molecule has 1 amide bonds. The average Bonchev–Trinajstić information content (AvgIpc) is 2.54. The minimum atomic E-state index is -5.10. The number of carbonyl (C=O) groups excluding carboxylic acids is 2. The van der Waals surface area contributed by atoms with Crippen LogP contribution in [0, 0.1) is 11.3 Å². The molecule has 0 spiro atoms. The standard InChI is InChI=1S/C15H12F3N3O3/c16-15(17,18)14(23)24-12-11-6-9-5-8(7-19)1-2-10(9)13(22)21(11)4-3-20-12/h1-2,5,11-12,20H,3-4,6H2/t11-,12?/m1/s1. The summed E-state index contributed by atoms with van der Waals surface area (Å²) < 4.78 is 41.8. The molecule has 3 rings (SSSR count). The maximum absolute atomic E-state index is 12.5. The number of nitriles is 1. The monoisotopic (exact) mass is 339 g/mol. The number of nitrogens with one attached hydrogen (secondary N) is 1. The summed E-state index contributed by atoms with van der Waals surface area (Å²) in [7, 11) is 0. The fraction of sp³-hybridized carbons (Fsp3) is 0.400. The van der Waals surface area contributed by atoms with E-state index in [0.717, 1.165) is 0 Å². The minimum absolute atomic E-state index is 0.194. The Morgan fingerprint density at radius 1 is 1.42 bits per heavy atom. The van der Waals surface area contributed by atoms with Crippen LogP contribution < -0.4 is 5.32 Å². The van der Waals surface area contributed by atoms with E-state index in [9.17, 15) is 22.8 Å². The molecular weight excluding hydrogens is 327 g/mol. The van der Waals surface area contributed by atoms with E-state index in [1.165, 1.54) is 23.1 Å². The molecule has 6 nitrogen and oxygen atoms in total. The van der Waals surface area contributed by atoms with Crippen molar-refractivity contribution in [2.24, 2.45) is 0 Å². The van der Waals surface area contributed by atoms with Crippen LogP contribution in [0.4, 0.5) is 13.2 Å². The van der Waals surface area contributed by atoms with E-state index >= 15 is 0 Å². The summed E-state index contributed by atoms with van der Waals surface area (Å²) in [5, 5.41) is 11.6. The predicted octanol–water partition coefficient (Wildman–Crippen LogP) is 0.960. The zero-order valence-electron chi connectivity index (χ0n) is 12.3. The molecule has 24 heavy (non-hydrogen) atoms. The van der Waals surface area contributed by atoms with Gasteiger partial charge in [0.05, 0.1) is 17.7 Å².